The second kappa shape index (κ2) is 10.6. The van der Waals surface area contributed by atoms with Crippen molar-refractivity contribution in [2.24, 2.45) is 0 Å². The third kappa shape index (κ3) is 5.50. The van der Waals surface area contributed by atoms with Crippen LogP contribution in [-0.4, -0.2) is 21.6 Å². The Kier molecular flexibility index (Phi) is 7.35. The second-order valence-corrected chi connectivity index (χ2v) is 8.40. The molecule has 0 radical (unpaired) electrons. The highest BCUT2D eigenvalue weighted by molar-refractivity contribution is 6.42. The Bertz CT molecular complexity index is 1300. The van der Waals surface area contributed by atoms with E-state index in [1.165, 1.54) is 6.26 Å². The number of benzene rings is 2. The van der Waals surface area contributed by atoms with Gasteiger partial charge < -0.3 is 15.1 Å². The molecule has 0 saturated heterocycles. The summed E-state index contributed by atoms with van der Waals surface area (Å²) in [5, 5.41) is 11.1. The van der Waals surface area contributed by atoms with E-state index in [2.05, 4.69) is 15.7 Å². The minimum atomic E-state index is -0.313. The second-order valence-electron chi connectivity index (χ2n) is 7.59. The predicted molar refractivity (Wildman–Crippen MR) is 132 cm³/mol. The molecule has 2 aromatic heterocycles. The molecule has 9 heteroatoms. The Morgan fingerprint density at radius 1 is 0.971 bits per heavy atom. The smallest absolute Gasteiger partial charge is 0.226 e. The Balaban J connectivity index is 1.55. The maximum Gasteiger partial charge on any atom is 0.226 e. The summed E-state index contributed by atoms with van der Waals surface area (Å²) < 4.78 is 6.82. The van der Waals surface area contributed by atoms with Crippen LogP contribution in [-0.2, 0) is 16.1 Å². The fourth-order valence-electron chi connectivity index (χ4n) is 3.51. The van der Waals surface area contributed by atoms with Gasteiger partial charge in [-0.05, 0) is 42.8 Å². The molecule has 174 valence electrons. The Morgan fingerprint density at radius 2 is 1.74 bits per heavy atom. The Hall–Kier alpha value is -3.55. The van der Waals surface area contributed by atoms with Crippen LogP contribution >= 0.6 is 23.2 Å². The molecule has 0 unspecified atom stereocenters. The minimum absolute atomic E-state index is 0.00379. The molecule has 0 aliphatic carbocycles. The van der Waals surface area contributed by atoms with Crippen molar-refractivity contribution in [2.45, 2.75) is 26.3 Å². The van der Waals surface area contributed by atoms with Gasteiger partial charge in [0, 0.05) is 18.4 Å². The molecule has 2 amide bonds. The first-order valence-corrected chi connectivity index (χ1v) is 11.4. The first kappa shape index (κ1) is 23.6. The van der Waals surface area contributed by atoms with Crippen LogP contribution in [0, 0.1) is 6.92 Å². The SMILES string of the molecule is Cc1nn(-c2ccc(Cl)c(Cl)c2)c(NC(=O)CCC(=O)NCc2ccco2)c1-c1ccccc1. The summed E-state index contributed by atoms with van der Waals surface area (Å²) in [6.07, 6.45) is 1.58. The number of hydrogen-bond donors (Lipinski definition) is 2. The number of aromatic nitrogens is 2. The van der Waals surface area contributed by atoms with E-state index in [0.29, 0.717) is 27.3 Å². The van der Waals surface area contributed by atoms with Gasteiger partial charge in [-0.1, -0.05) is 53.5 Å². The lowest BCUT2D eigenvalue weighted by molar-refractivity contribution is -0.124. The van der Waals surface area contributed by atoms with Crippen molar-refractivity contribution >= 4 is 40.8 Å². The zero-order valence-corrected chi connectivity index (χ0v) is 19.9. The molecule has 0 saturated carbocycles. The van der Waals surface area contributed by atoms with Gasteiger partial charge in [-0.15, -0.1) is 0 Å². The molecule has 34 heavy (non-hydrogen) atoms. The third-order valence-corrected chi connectivity index (χ3v) is 5.89. The van der Waals surface area contributed by atoms with Crippen molar-refractivity contribution in [3.8, 4) is 16.8 Å². The maximum atomic E-state index is 12.8. The first-order valence-electron chi connectivity index (χ1n) is 10.6. The number of halogens is 2. The molecule has 7 nitrogen and oxygen atoms in total. The molecule has 0 bridgehead atoms. The average Bonchev–Trinajstić information content (AvgIpc) is 3.46. The summed E-state index contributed by atoms with van der Waals surface area (Å²) in [6.45, 7) is 2.14. The number of carbonyl (C=O) groups excluding carboxylic acids is 2. The summed E-state index contributed by atoms with van der Waals surface area (Å²) in [7, 11) is 0. The summed E-state index contributed by atoms with van der Waals surface area (Å²) in [5.41, 5.74) is 3.05. The minimum Gasteiger partial charge on any atom is -0.467 e. The number of rotatable bonds is 8. The standard InChI is InChI=1S/C25H22Cl2N4O3/c1-16-24(17-6-3-2-4-7-17)25(31(30-16)18-9-10-20(26)21(27)14-18)29-23(33)12-11-22(32)28-15-19-8-5-13-34-19/h2-10,13-14H,11-12,15H2,1H3,(H,28,32)(H,29,33). The highest BCUT2D eigenvalue weighted by atomic mass is 35.5. The van der Waals surface area contributed by atoms with Gasteiger partial charge in [0.2, 0.25) is 11.8 Å². The van der Waals surface area contributed by atoms with Gasteiger partial charge >= 0.3 is 0 Å². The van der Waals surface area contributed by atoms with Gasteiger partial charge in [-0.3, -0.25) is 9.59 Å². The van der Waals surface area contributed by atoms with E-state index >= 15 is 0 Å². The number of nitrogens with zero attached hydrogens (tertiary/aromatic N) is 2. The fraction of sp³-hybridized carbons (Fsp3) is 0.160. The van der Waals surface area contributed by atoms with Gasteiger partial charge in [0.1, 0.15) is 11.6 Å². The lowest BCUT2D eigenvalue weighted by Crippen LogP contribution is -2.24. The number of furan rings is 1. The Morgan fingerprint density at radius 3 is 2.44 bits per heavy atom. The Labute approximate surface area is 206 Å². The molecule has 2 N–H and O–H groups in total. The molecule has 0 fully saturated rings. The summed E-state index contributed by atoms with van der Waals surface area (Å²) >= 11 is 12.3. The van der Waals surface area contributed by atoms with Crippen LogP contribution in [0.1, 0.15) is 24.3 Å². The lowest BCUT2D eigenvalue weighted by atomic mass is 10.1. The molecule has 0 aliphatic rings. The fourth-order valence-corrected chi connectivity index (χ4v) is 3.80. The molecule has 0 spiro atoms. The molecular formula is C25H22Cl2N4O3. The zero-order chi connectivity index (χ0) is 24.1. The van der Waals surface area contributed by atoms with E-state index in [9.17, 15) is 9.59 Å². The predicted octanol–water partition coefficient (Wildman–Crippen LogP) is 5.78. The van der Waals surface area contributed by atoms with Gasteiger partial charge in [-0.2, -0.15) is 5.10 Å². The highest BCUT2D eigenvalue weighted by Gasteiger charge is 2.21. The first-order chi connectivity index (χ1) is 16.4. The van der Waals surface area contributed by atoms with Crippen molar-refractivity contribution in [3.63, 3.8) is 0 Å². The topological polar surface area (TPSA) is 89.2 Å². The van der Waals surface area contributed by atoms with Crippen molar-refractivity contribution in [1.82, 2.24) is 15.1 Å². The number of carbonyl (C=O) groups is 2. The molecule has 0 aliphatic heterocycles. The van der Waals surface area contributed by atoms with Crippen LogP contribution in [0.3, 0.4) is 0 Å². The zero-order valence-electron chi connectivity index (χ0n) is 18.3. The summed E-state index contributed by atoms with van der Waals surface area (Å²) in [5.74, 6) is 0.574. The van der Waals surface area contributed by atoms with Gasteiger partial charge in [0.15, 0.2) is 0 Å². The largest absolute Gasteiger partial charge is 0.467 e. The third-order valence-electron chi connectivity index (χ3n) is 5.15. The van der Waals surface area contributed by atoms with Crippen molar-refractivity contribution in [3.05, 3.63) is 88.4 Å². The van der Waals surface area contributed by atoms with E-state index in [1.807, 2.05) is 37.3 Å². The number of anilines is 1. The summed E-state index contributed by atoms with van der Waals surface area (Å²) in [4.78, 5) is 25.0. The molecule has 2 heterocycles. The number of nitrogens with one attached hydrogen (secondary N) is 2. The van der Waals surface area contributed by atoms with Crippen molar-refractivity contribution in [2.75, 3.05) is 5.32 Å². The molecule has 4 aromatic rings. The molecule has 4 rings (SSSR count). The normalized spacial score (nSPS) is 10.8. The average molecular weight is 497 g/mol. The van der Waals surface area contributed by atoms with Gasteiger partial charge in [-0.25, -0.2) is 4.68 Å². The lowest BCUT2D eigenvalue weighted by Gasteiger charge is -2.12. The van der Waals surface area contributed by atoms with Crippen molar-refractivity contribution < 1.29 is 14.0 Å². The number of aryl methyl sites for hydroxylation is 1. The number of amides is 2. The van der Waals surface area contributed by atoms with E-state index in [0.717, 1.165) is 16.8 Å². The van der Waals surface area contributed by atoms with Crippen LogP contribution in [0.25, 0.3) is 16.8 Å². The molecule has 2 aromatic carbocycles. The van der Waals surface area contributed by atoms with Crippen LogP contribution < -0.4 is 10.6 Å². The van der Waals surface area contributed by atoms with E-state index in [4.69, 9.17) is 27.6 Å². The van der Waals surface area contributed by atoms with Crippen LogP contribution in [0.4, 0.5) is 5.82 Å². The van der Waals surface area contributed by atoms with Crippen LogP contribution in [0.5, 0.6) is 0 Å². The highest BCUT2D eigenvalue weighted by Crippen LogP contribution is 2.34. The van der Waals surface area contributed by atoms with Crippen molar-refractivity contribution in [1.29, 1.82) is 0 Å². The van der Waals surface area contributed by atoms with E-state index in [1.54, 1.807) is 35.0 Å². The summed E-state index contributed by atoms with van der Waals surface area (Å²) in [6, 6.07) is 18.3. The van der Waals surface area contributed by atoms with E-state index in [-0.39, 0.29) is 31.2 Å². The molecular weight excluding hydrogens is 475 g/mol. The van der Waals surface area contributed by atoms with Crippen LogP contribution in [0.15, 0.2) is 71.3 Å². The molecule has 0 atom stereocenters. The van der Waals surface area contributed by atoms with Gasteiger partial charge in [0.25, 0.3) is 0 Å². The maximum absolute atomic E-state index is 12.8. The van der Waals surface area contributed by atoms with Crippen LogP contribution in [0.2, 0.25) is 10.0 Å². The quantitative estimate of drug-likeness (QED) is 0.323. The van der Waals surface area contributed by atoms with Gasteiger partial charge in [0.05, 0.1) is 34.2 Å². The monoisotopic (exact) mass is 496 g/mol. The number of hydrogen-bond acceptors (Lipinski definition) is 4. The van der Waals surface area contributed by atoms with E-state index < -0.39 is 0 Å².